The Bertz CT molecular complexity index is 3280. The van der Waals surface area contributed by atoms with Crippen LogP contribution in [-0.4, -0.2) is 113 Å². The molecular formula is C52H52F2N8O12S3. The first-order valence-corrected chi connectivity index (χ1v) is 27.8. The third-order valence-corrected chi connectivity index (χ3v) is 15.6. The van der Waals surface area contributed by atoms with Crippen LogP contribution in [0.3, 0.4) is 0 Å². The van der Waals surface area contributed by atoms with Gasteiger partial charge in [0.1, 0.15) is 41.5 Å². The van der Waals surface area contributed by atoms with Crippen LogP contribution in [-0.2, 0) is 69.6 Å². The van der Waals surface area contributed by atoms with Gasteiger partial charge in [-0.25, -0.2) is 31.8 Å². The minimum Gasteiger partial charge on any atom is -0.480 e. The maximum absolute atomic E-state index is 14.5. The number of benzene rings is 3. The summed E-state index contributed by atoms with van der Waals surface area (Å²) in [6.07, 6.45) is 4.06. The van der Waals surface area contributed by atoms with Gasteiger partial charge >= 0.3 is 12.1 Å². The second-order valence-corrected chi connectivity index (χ2v) is 21.4. The number of nitrogens with zero attached hydrogens (tertiary/aromatic N) is 4. The number of sulfonamides is 1. The number of halogens is 2. The number of fused-ring (bicyclic) bond motifs is 2. The zero-order chi connectivity index (χ0) is 55.1. The quantitative estimate of drug-likeness (QED) is 0.0231. The molecule has 0 radical (unpaired) electrons. The predicted octanol–water partition coefficient (Wildman–Crippen LogP) is 6.56. The summed E-state index contributed by atoms with van der Waals surface area (Å²) in [5.74, 6) is -4.55. The average Bonchev–Trinajstić information content (AvgIpc) is 3.87. The first-order chi connectivity index (χ1) is 37.0. The number of hydrogen-bond acceptors (Lipinski definition) is 16. The Morgan fingerprint density at radius 2 is 1.56 bits per heavy atom. The van der Waals surface area contributed by atoms with Gasteiger partial charge in [-0.1, -0.05) is 51.9 Å². The molecule has 404 valence electrons. The van der Waals surface area contributed by atoms with Gasteiger partial charge in [-0.3, -0.25) is 33.9 Å². The second kappa shape index (κ2) is 26.7. The first kappa shape index (κ1) is 56.8. The van der Waals surface area contributed by atoms with E-state index >= 15 is 0 Å². The topological polar surface area (TPSA) is 275 Å². The molecule has 77 heavy (non-hydrogen) atoms. The van der Waals surface area contributed by atoms with Crippen molar-refractivity contribution in [1.82, 2.24) is 35.8 Å². The van der Waals surface area contributed by atoms with Crippen LogP contribution in [0.2, 0.25) is 0 Å². The fraction of sp³-hybridized carbons (Fsp3) is 0.288. The molecule has 0 spiro atoms. The first-order valence-electron chi connectivity index (χ1n) is 23.8. The van der Waals surface area contributed by atoms with E-state index in [1.165, 1.54) is 37.1 Å². The standard InChI is InChI=1S/C52H52F2N8O12S3/c1-31(63)62-27-35-5-3-4-32(41(35)28-62)8-13-47(64)56-18-19-57-48(65)14-15-49(66)60-45(51(67)68)30-76-75-21-20-73-52(69)74-29-38-10-6-34(25-58-38)39-16-17-55-43-11-7-33(22-40(39)43)36-23-44(50(72-2)59-26-36)61-77(70,71)46-12-9-37(53)24-42(46)54/h3-7,9-12,16-17,22-26,45,61H,8,13-15,18-21,27-30H2,1-2H3,(H,56,64)(H,57,65)(H,60,66)(H,67,68). The number of nitrogens with one attached hydrogen (secondary N) is 4. The van der Waals surface area contributed by atoms with E-state index in [-0.39, 0.29) is 80.5 Å². The minimum absolute atomic E-state index is 0.00382. The summed E-state index contributed by atoms with van der Waals surface area (Å²) in [6.45, 7) is 2.68. The fourth-order valence-electron chi connectivity index (χ4n) is 7.94. The maximum atomic E-state index is 14.5. The summed E-state index contributed by atoms with van der Waals surface area (Å²) < 4.78 is 72.1. The van der Waals surface area contributed by atoms with E-state index in [0.717, 1.165) is 45.2 Å². The summed E-state index contributed by atoms with van der Waals surface area (Å²) in [6, 6.07) is 18.8. The number of carboxylic acid groups (broad SMARTS) is 1. The molecule has 4 heterocycles. The molecule has 0 saturated carbocycles. The Balaban J connectivity index is 0.784. The van der Waals surface area contributed by atoms with Gasteiger partial charge in [0.05, 0.1) is 18.3 Å². The number of anilines is 1. The molecule has 1 aliphatic rings. The van der Waals surface area contributed by atoms with Crippen molar-refractivity contribution in [3.63, 3.8) is 0 Å². The van der Waals surface area contributed by atoms with Gasteiger partial charge in [0, 0.05) is 105 Å². The monoisotopic (exact) mass is 1110 g/mol. The lowest BCUT2D eigenvalue weighted by Crippen LogP contribution is -2.43. The van der Waals surface area contributed by atoms with E-state index in [1.807, 2.05) is 24.3 Å². The molecular weight excluding hydrogens is 1060 g/mol. The Kier molecular flexibility index (Phi) is 19.7. The van der Waals surface area contributed by atoms with E-state index in [1.54, 1.807) is 47.6 Å². The molecule has 5 N–H and O–H groups in total. The Labute approximate surface area is 448 Å². The summed E-state index contributed by atoms with van der Waals surface area (Å²) in [4.78, 5) is 87.4. The smallest absolute Gasteiger partial charge is 0.480 e. The number of carboxylic acids is 1. The number of rotatable bonds is 25. The molecule has 0 bridgehead atoms. The van der Waals surface area contributed by atoms with Gasteiger partial charge in [0.25, 0.3) is 10.0 Å². The van der Waals surface area contributed by atoms with Crippen molar-refractivity contribution in [2.45, 2.75) is 63.2 Å². The third kappa shape index (κ3) is 15.8. The molecule has 0 fully saturated rings. The highest BCUT2D eigenvalue weighted by atomic mass is 33.1. The normalized spacial score (nSPS) is 12.3. The molecule has 3 aromatic carbocycles. The largest absolute Gasteiger partial charge is 0.508 e. The van der Waals surface area contributed by atoms with Gasteiger partial charge in [0.2, 0.25) is 29.5 Å². The van der Waals surface area contributed by atoms with Crippen LogP contribution < -0.4 is 25.4 Å². The molecule has 3 aromatic heterocycles. The van der Waals surface area contributed by atoms with E-state index < -0.39 is 56.5 Å². The van der Waals surface area contributed by atoms with Gasteiger partial charge in [-0.2, -0.15) is 0 Å². The van der Waals surface area contributed by atoms with Gasteiger partial charge < -0.3 is 40.2 Å². The highest BCUT2D eigenvalue weighted by Gasteiger charge is 2.25. The fourth-order valence-corrected chi connectivity index (χ4v) is 11.0. The van der Waals surface area contributed by atoms with Crippen molar-refractivity contribution in [2.24, 2.45) is 0 Å². The molecule has 1 unspecified atom stereocenters. The van der Waals surface area contributed by atoms with Crippen molar-refractivity contribution in [2.75, 3.05) is 43.0 Å². The maximum Gasteiger partial charge on any atom is 0.508 e. The number of aromatic nitrogens is 3. The number of aryl methyl sites for hydroxylation is 1. The highest BCUT2D eigenvalue weighted by molar-refractivity contribution is 8.76. The molecule has 1 atom stereocenters. The van der Waals surface area contributed by atoms with E-state index in [4.69, 9.17) is 14.2 Å². The van der Waals surface area contributed by atoms with Crippen LogP contribution in [0.4, 0.5) is 19.3 Å². The van der Waals surface area contributed by atoms with Crippen LogP contribution in [0.5, 0.6) is 5.88 Å². The van der Waals surface area contributed by atoms with Crippen molar-refractivity contribution in [3.05, 3.63) is 131 Å². The lowest BCUT2D eigenvalue weighted by atomic mass is 9.98. The van der Waals surface area contributed by atoms with Gasteiger partial charge in [-0.15, -0.1) is 0 Å². The third-order valence-electron chi connectivity index (χ3n) is 11.9. The molecule has 25 heteroatoms. The number of ether oxygens (including phenoxy) is 3. The number of carbonyl (C=O) groups is 6. The number of pyridine rings is 3. The van der Waals surface area contributed by atoms with Crippen LogP contribution in [0.15, 0.2) is 102 Å². The Hall–Kier alpha value is -7.90. The van der Waals surface area contributed by atoms with Crippen LogP contribution in [0.25, 0.3) is 33.2 Å². The summed E-state index contributed by atoms with van der Waals surface area (Å²) in [5.41, 5.74) is 6.68. The van der Waals surface area contributed by atoms with Crippen molar-refractivity contribution in [1.29, 1.82) is 0 Å². The number of amides is 4. The van der Waals surface area contributed by atoms with E-state index in [9.17, 15) is 51.1 Å². The SMILES string of the molecule is COc1ncc(-c2ccc3nccc(-c4ccc(COC(=O)OCCSSCC(NC(=O)CCC(=O)NCCNC(=O)CCc5cccc6c5CN(C(C)=O)C6)C(=O)O)nc4)c3c2)cc1NS(=O)(=O)c1ccc(F)cc1F. The number of aliphatic carboxylic acids is 1. The summed E-state index contributed by atoms with van der Waals surface area (Å²) in [5, 5.41) is 18.2. The van der Waals surface area contributed by atoms with Crippen LogP contribution in [0, 0.1) is 11.6 Å². The molecule has 6 aromatic rings. The van der Waals surface area contributed by atoms with Crippen molar-refractivity contribution >= 4 is 84.0 Å². The molecule has 7 rings (SSSR count). The van der Waals surface area contributed by atoms with Crippen LogP contribution in [0.1, 0.15) is 48.6 Å². The lowest BCUT2D eigenvalue weighted by Gasteiger charge is -2.14. The van der Waals surface area contributed by atoms with E-state index in [2.05, 4.69) is 35.6 Å². The molecule has 1 aliphatic heterocycles. The zero-order valence-corrected chi connectivity index (χ0v) is 44.0. The number of methoxy groups -OCH3 is 1. The predicted molar refractivity (Wildman–Crippen MR) is 282 cm³/mol. The van der Waals surface area contributed by atoms with Gasteiger partial charge in [0.15, 0.2) is 0 Å². The average molecular weight is 1120 g/mol. The van der Waals surface area contributed by atoms with E-state index in [0.29, 0.717) is 58.9 Å². The summed E-state index contributed by atoms with van der Waals surface area (Å²) in [7, 11) is -0.868. The lowest BCUT2D eigenvalue weighted by molar-refractivity contribution is -0.141. The highest BCUT2D eigenvalue weighted by Crippen LogP contribution is 2.35. The van der Waals surface area contributed by atoms with Crippen LogP contribution >= 0.6 is 21.6 Å². The number of hydrogen-bond donors (Lipinski definition) is 5. The molecule has 20 nitrogen and oxygen atoms in total. The summed E-state index contributed by atoms with van der Waals surface area (Å²) >= 11 is 0. The molecule has 0 saturated heterocycles. The molecule has 4 amide bonds. The van der Waals surface area contributed by atoms with Crippen molar-refractivity contribution in [3.8, 4) is 28.1 Å². The second-order valence-electron chi connectivity index (χ2n) is 17.2. The number of carbonyl (C=O) groups excluding carboxylic acids is 5. The zero-order valence-electron chi connectivity index (χ0n) is 41.5. The Morgan fingerprint density at radius 3 is 2.29 bits per heavy atom. The van der Waals surface area contributed by atoms with Crippen molar-refractivity contribution < 1.29 is 65.3 Å². The van der Waals surface area contributed by atoms with Gasteiger partial charge in [-0.05, 0) is 76.7 Å². The molecule has 0 aliphatic carbocycles. The minimum atomic E-state index is -4.52. The Morgan fingerprint density at radius 1 is 0.805 bits per heavy atom.